The van der Waals surface area contributed by atoms with Gasteiger partial charge < -0.3 is 0 Å². The van der Waals surface area contributed by atoms with E-state index in [1.165, 1.54) is 0 Å². The molecule has 12 aromatic carbocycles. The highest BCUT2D eigenvalue weighted by Crippen LogP contribution is 2.57. The number of rotatable bonds is 12. The molecule has 370 valence electrons. The van der Waals surface area contributed by atoms with Gasteiger partial charge in [0.25, 0.3) is 0 Å². The van der Waals surface area contributed by atoms with Crippen LogP contribution in [0.5, 0.6) is 0 Å². The van der Waals surface area contributed by atoms with Crippen LogP contribution in [0.1, 0.15) is 11.1 Å². The Morgan fingerprint density at radius 3 is 0.423 bits per heavy atom. The van der Waals surface area contributed by atoms with Crippen LogP contribution >= 0.6 is 46.0 Å². The van der Waals surface area contributed by atoms with E-state index in [0.717, 1.165) is 131 Å². The van der Waals surface area contributed by atoms with Crippen molar-refractivity contribution < 1.29 is 0 Å². The Bertz CT molecular complexity index is 3550. The lowest BCUT2D eigenvalue weighted by atomic mass is 9.76. The van der Waals surface area contributed by atoms with Crippen molar-refractivity contribution in [3.63, 3.8) is 0 Å². The number of thiocarbonyl (C=S) groups is 2. The minimum Gasteiger partial charge on any atom is -0.0709 e. The smallest absolute Gasteiger partial charge is 0.0709 e. The van der Waals surface area contributed by atoms with E-state index in [1.807, 2.05) is 0 Å². The van der Waals surface area contributed by atoms with Gasteiger partial charge in [0, 0.05) is 33.4 Å². The molecule has 0 aliphatic carbocycles. The summed E-state index contributed by atoms with van der Waals surface area (Å²) >= 11 is 14.1. The summed E-state index contributed by atoms with van der Waals surface area (Å²) in [6.07, 6.45) is 0. The third kappa shape index (κ3) is 10.0. The molecule has 12 rings (SSSR count). The monoisotopic (exact) mass is 1070 g/mol. The summed E-state index contributed by atoms with van der Waals surface area (Å²) < 4.78 is 1.45. The van der Waals surface area contributed by atoms with Gasteiger partial charge in [-0.25, -0.2) is 0 Å². The SMILES string of the molecule is S=C(SSC(=S)c1c(-c2ccccc2)c(-c2ccccc2)c(-c2ccccc2)c(-c2ccccc2)c1-c1ccccc1)c1c(-c2ccccc2)c(-c2ccccc2)c(-c2ccccc2)c(-c2ccccc2)c1-c1ccccc1. The second-order valence-electron chi connectivity index (χ2n) is 18.9. The molecule has 0 saturated heterocycles. The molecule has 4 heteroatoms. The van der Waals surface area contributed by atoms with Crippen molar-refractivity contribution in [2.45, 2.75) is 0 Å². The van der Waals surface area contributed by atoms with Gasteiger partial charge in [0.05, 0.1) is 8.39 Å². The average molecular weight is 1070 g/mol. The fourth-order valence-corrected chi connectivity index (χ4v) is 13.7. The van der Waals surface area contributed by atoms with E-state index in [2.05, 4.69) is 303 Å². The molecule has 0 aliphatic rings. The zero-order valence-corrected chi connectivity index (χ0v) is 45.8. The first-order chi connectivity index (χ1) is 38.6. The summed E-state index contributed by atoms with van der Waals surface area (Å²) in [6, 6.07) is 108. The van der Waals surface area contributed by atoms with Crippen LogP contribution in [0.3, 0.4) is 0 Å². The van der Waals surface area contributed by atoms with Gasteiger partial charge >= 0.3 is 0 Å². The Labute approximate surface area is 476 Å². The molecular weight excluding hydrogens is 1020 g/mol. The number of benzene rings is 12. The molecule has 0 nitrogen and oxygen atoms in total. The van der Waals surface area contributed by atoms with Gasteiger partial charge in [-0.1, -0.05) is 328 Å². The Morgan fingerprint density at radius 2 is 0.282 bits per heavy atom. The van der Waals surface area contributed by atoms with Gasteiger partial charge in [0.1, 0.15) is 0 Å². The highest BCUT2D eigenvalue weighted by Gasteiger charge is 2.33. The number of hydrogen-bond donors (Lipinski definition) is 0. The fraction of sp³-hybridized carbons (Fsp3) is 0. The maximum Gasteiger partial charge on any atom is 0.0901 e. The van der Waals surface area contributed by atoms with Crippen LogP contribution < -0.4 is 0 Å². The molecule has 0 N–H and O–H groups in total. The van der Waals surface area contributed by atoms with Crippen molar-refractivity contribution in [3.05, 3.63) is 314 Å². The molecule has 0 radical (unpaired) electrons. The second kappa shape index (κ2) is 23.4. The van der Waals surface area contributed by atoms with E-state index in [-0.39, 0.29) is 0 Å². The second-order valence-corrected chi connectivity index (χ2v) is 22.4. The lowest BCUT2D eigenvalue weighted by molar-refractivity contribution is 1.52. The Kier molecular flexibility index (Phi) is 15.1. The van der Waals surface area contributed by atoms with Gasteiger partial charge in [0.2, 0.25) is 0 Å². The Morgan fingerprint density at radius 1 is 0.167 bits per heavy atom. The summed E-state index contributed by atoms with van der Waals surface area (Å²) in [5.74, 6) is 0. The van der Waals surface area contributed by atoms with Gasteiger partial charge in [-0.15, -0.1) is 0 Å². The highest BCUT2D eigenvalue weighted by molar-refractivity contribution is 8.90. The maximum absolute atomic E-state index is 7.07. The summed E-state index contributed by atoms with van der Waals surface area (Å²) in [7, 11) is 3.16. The molecular formula is C74H50S4. The van der Waals surface area contributed by atoms with Crippen LogP contribution in [0.15, 0.2) is 303 Å². The topological polar surface area (TPSA) is 0 Å². The van der Waals surface area contributed by atoms with E-state index < -0.39 is 0 Å². The zero-order chi connectivity index (χ0) is 52.6. The number of hydrogen-bond acceptors (Lipinski definition) is 4. The zero-order valence-electron chi connectivity index (χ0n) is 42.5. The van der Waals surface area contributed by atoms with Crippen LogP contribution in [0.25, 0.3) is 111 Å². The first-order valence-corrected chi connectivity index (χ1v) is 29.1. The molecule has 0 atom stereocenters. The van der Waals surface area contributed by atoms with Gasteiger partial charge in [-0.2, -0.15) is 0 Å². The van der Waals surface area contributed by atoms with Crippen molar-refractivity contribution in [1.82, 2.24) is 0 Å². The lowest BCUT2D eigenvalue weighted by Gasteiger charge is -2.29. The summed E-state index contributed by atoms with van der Waals surface area (Å²) in [6.45, 7) is 0. The van der Waals surface area contributed by atoms with Gasteiger partial charge in [0.15, 0.2) is 0 Å². The first-order valence-electron chi connectivity index (χ1n) is 26.1. The van der Waals surface area contributed by atoms with Crippen LogP contribution in [-0.2, 0) is 0 Å². The minimum absolute atomic E-state index is 0.726. The fourth-order valence-electron chi connectivity index (χ4n) is 11.0. The van der Waals surface area contributed by atoms with E-state index in [9.17, 15) is 0 Å². The molecule has 12 aromatic rings. The molecule has 78 heavy (non-hydrogen) atoms. The molecule has 0 bridgehead atoms. The predicted octanol–water partition coefficient (Wildman–Crippen LogP) is 21.8. The molecule has 0 spiro atoms. The Hall–Kier alpha value is -8.48. The van der Waals surface area contributed by atoms with E-state index in [4.69, 9.17) is 24.4 Å². The van der Waals surface area contributed by atoms with Crippen molar-refractivity contribution in [3.8, 4) is 111 Å². The lowest BCUT2D eigenvalue weighted by Crippen LogP contribution is -2.08. The Balaban J connectivity index is 1.16. The molecule has 0 fully saturated rings. The average Bonchev–Trinajstić information content (AvgIpc) is 3.64. The molecule has 0 heterocycles. The third-order valence-electron chi connectivity index (χ3n) is 14.2. The molecule has 0 amide bonds. The van der Waals surface area contributed by atoms with Crippen LogP contribution in [-0.4, -0.2) is 8.39 Å². The van der Waals surface area contributed by atoms with Crippen molar-refractivity contribution in [2.75, 3.05) is 0 Å². The normalized spacial score (nSPS) is 11.0. The van der Waals surface area contributed by atoms with Crippen LogP contribution in [0.4, 0.5) is 0 Å². The molecule has 0 unspecified atom stereocenters. The summed E-state index contributed by atoms with van der Waals surface area (Å²) in [4.78, 5) is 0. The molecule has 0 aliphatic heterocycles. The van der Waals surface area contributed by atoms with Crippen molar-refractivity contribution in [2.24, 2.45) is 0 Å². The van der Waals surface area contributed by atoms with Gasteiger partial charge in [-0.05, 0) is 111 Å². The van der Waals surface area contributed by atoms with Crippen LogP contribution in [0, 0.1) is 0 Å². The van der Waals surface area contributed by atoms with E-state index in [0.29, 0.717) is 0 Å². The van der Waals surface area contributed by atoms with Crippen molar-refractivity contribution >= 4 is 54.4 Å². The predicted molar refractivity (Wildman–Crippen MR) is 346 cm³/mol. The molecule has 0 aromatic heterocycles. The first kappa shape index (κ1) is 50.3. The van der Waals surface area contributed by atoms with E-state index >= 15 is 0 Å². The summed E-state index contributed by atoms with van der Waals surface area (Å²) in [5.41, 5.74) is 24.0. The van der Waals surface area contributed by atoms with E-state index in [1.54, 1.807) is 21.6 Å². The quantitative estimate of drug-likeness (QED) is 0.0883. The maximum atomic E-state index is 7.07. The minimum atomic E-state index is 0.726. The summed E-state index contributed by atoms with van der Waals surface area (Å²) in [5, 5.41) is 0. The third-order valence-corrected chi connectivity index (χ3v) is 17.8. The highest BCUT2D eigenvalue weighted by atomic mass is 33.1. The van der Waals surface area contributed by atoms with Crippen LogP contribution in [0.2, 0.25) is 0 Å². The largest absolute Gasteiger partial charge is 0.0901 e. The standard InChI is InChI=1S/C74H50S4/c75-73(71-67(57-43-23-7-24-44-57)63(53-35-15-3-16-36-53)61(51-31-11-1-12-32-51)64(54-37-17-4-18-38-54)68(71)58-45-25-8-26-46-58)77-78-74(76)72-69(59-47-27-9-28-48-59)65(55-39-19-5-20-40-55)62(52-33-13-2-14-34-52)66(56-41-21-6-22-42-56)70(72)60-49-29-10-30-50-60/h1-50H. The molecule has 0 saturated carbocycles. The van der Waals surface area contributed by atoms with Crippen molar-refractivity contribution in [1.29, 1.82) is 0 Å². The van der Waals surface area contributed by atoms with Gasteiger partial charge in [-0.3, -0.25) is 0 Å².